The zero-order chi connectivity index (χ0) is 14.0. The van der Waals surface area contributed by atoms with E-state index in [1.54, 1.807) is 0 Å². The van der Waals surface area contributed by atoms with Gasteiger partial charge >= 0.3 is 12.0 Å². The van der Waals surface area contributed by atoms with Gasteiger partial charge < -0.3 is 10.1 Å². The second kappa shape index (κ2) is 4.68. The minimum atomic E-state index is -4.52. The fraction of sp³-hybridized carbons (Fsp3) is 0.0833. The van der Waals surface area contributed by atoms with Gasteiger partial charge in [-0.3, -0.25) is 0 Å². The summed E-state index contributed by atoms with van der Waals surface area (Å²) in [5.74, 6) is -0.491. The lowest BCUT2D eigenvalue weighted by atomic mass is 10.0. The zero-order valence-corrected chi connectivity index (χ0v) is 9.39. The molecule has 0 atom stereocenters. The normalized spacial score (nSPS) is 11.3. The van der Waals surface area contributed by atoms with Crippen molar-refractivity contribution in [2.24, 2.45) is 0 Å². The number of hydrogen-bond acceptors (Lipinski definition) is 3. The number of rotatable bonds is 2. The minimum Gasteiger partial charge on any atom is -0.358 e. The Balaban J connectivity index is 2.60. The Morgan fingerprint density at radius 3 is 2.47 bits per heavy atom. The van der Waals surface area contributed by atoms with Crippen molar-refractivity contribution < 1.29 is 18.1 Å². The SMILES string of the molecule is O=[N+]([O-])c1cc(-c2ccccc2C(F)(F)F)ccn1. The standard InChI is InChI=1S/C12H7F3N2O2/c13-12(14,15)10-4-2-1-3-9(10)8-5-6-16-11(7-8)17(18)19/h1-7H. The van der Waals surface area contributed by atoms with E-state index in [1.807, 2.05) is 0 Å². The van der Waals surface area contributed by atoms with Gasteiger partial charge in [0.1, 0.15) is 6.20 Å². The molecular weight excluding hydrogens is 261 g/mol. The van der Waals surface area contributed by atoms with E-state index in [0.717, 1.165) is 18.3 Å². The van der Waals surface area contributed by atoms with Crippen LogP contribution in [0.4, 0.5) is 19.0 Å². The summed E-state index contributed by atoms with van der Waals surface area (Å²) >= 11 is 0. The Morgan fingerprint density at radius 1 is 1.16 bits per heavy atom. The van der Waals surface area contributed by atoms with Gasteiger partial charge in [-0.25, -0.2) is 0 Å². The zero-order valence-electron chi connectivity index (χ0n) is 9.39. The molecule has 0 spiro atoms. The predicted molar refractivity (Wildman–Crippen MR) is 61.3 cm³/mol. The van der Waals surface area contributed by atoms with Crippen LogP contribution in [0.2, 0.25) is 0 Å². The molecule has 1 aromatic carbocycles. The number of nitro groups is 1. The van der Waals surface area contributed by atoms with Gasteiger partial charge in [0.2, 0.25) is 0 Å². The van der Waals surface area contributed by atoms with Crippen LogP contribution in [0.25, 0.3) is 11.1 Å². The molecule has 0 bridgehead atoms. The van der Waals surface area contributed by atoms with Crippen LogP contribution in [0.15, 0.2) is 42.6 Å². The van der Waals surface area contributed by atoms with Crippen LogP contribution in [0.3, 0.4) is 0 Å². The lowest BCUT2D eigenvalue weighted by Gasteiger charge is -2.12. The van der Waals surface area contributed by atoms with E-state index in [-0.39, 0.29) is 11.1 Å². The average molecular weight is 268 g/mol. The lowest BCUT2D eigenvalue weighted by molar-refractivity contribution is -0.389. The third kappa shape index (κ3) is 2.70. The number of hydrogen-bond donors (Lipinski definition) is 0. The van der Waals surface area contributed by atoms with Crippen molar-refractivity contribution in [3.63, 3.8) is 0 Å². The Bertz CT molecular complexity index is 626. The van der Waals surface area contributed by atoms with E-state index in [1.165, 1.54) is 24.3 Å². The maximum atomic E-state index is 12.8. The number of benzene rings is 1. The molecule has 2 aromatic rings. The first kappa shape index (κ1) is 13.0. The summed E-state index contributed by atoms with van der Waals surface area (Å²) < 4.78 is 38.5. The van der Waals surface area contributed by atoms with E-state index in [0.29, 0.717) is 0 Å². The largest absolute Gasteiger partial charge is 0.417 e. The van der Waals surface area contributed by atoms with Gasteiger partial charge in [0.05, 0.1) is 5.56 Å². The average Bonchev–Trinajstić information content (AvgIpc) is 2.38. The highest BCUT2D eigenvalue weighted by molar-refractivity contribution is 5.69. The van der Waals surface area contributed by atoms with Crippen LogP contribution in [0, 0.1) is 10.1 Å². The second-order valence-corrected chi connectivity index (χ2v) is 3.70. The minimum absolute atomic E-state index is 0.106. The molecule has 19 heavy (non-hydrogen) atoms. The predicted octanol–water partition coefficient (Wildman–Crippen LogP) is 3.68. The molecule has 1 aromatic heterocycles. The number of aromatic nitrogens is 1. The van der Waals surface area contributed by atoms with Crippen LogP contribution in [0.1, 0.15) is 5.56 Å². The van der Waals surface area contributed by atoms with E-state index >= 15 is 0 Å². The van der Waals surface area contributed by atoms with Crippen LogP contribution in [0.5, 0.6) is 0 Å². The molecule has 0 saturated heterocycles. The summed E-state index contributed by atoms with van der Waals surface area (Å²) in [6.45, 7) is 0. The molecule has 0 saturated carbocycles. The summed E-state index contributed by atoms with van der Waals surface area (Å²) in [6, 6.07) is 7.23. The van der Waals surface area contributed by atoms with Crippen LogP contribution in [-0.2, 0) is 6.18 Å². The van der Waals surface area contributed by atoms with Gasteiger partial charge in [-0.2, -0.15) is 13.2 Å². The number of alkyl halides is 3. The first-order chi connectivity index (χ1) is 8.89. The highest BCUT2D eigenvalue weighted by atomic mass is 19.4. The van der Waals surface area contributed by atoms with E-state index in [4.69, 9.17) is 0 Å². The molecule has 98 valence electrons. The number of nitrogens with zero attached hydrogens (tertiary/aromatic N) is 2. The molecule has 4 nitrogen and oxygen atoms in total. The Labute approximate surface area is 105 Å². The van der Waals surface area contributed by atoms with Gasteiger partial charge in [0, 0.05) is 6.07 Å². The molecule has 1 heterocycles. The van der Waals surface area contributed by atoms with Crippen molar-refractivity contribution in [2.75, 3.05) is 0 Å². The molecule has 0 unspecified atom stereocenters. The first-order valence-electron chi connectivity index (χ1n) is 5.16. The van der Waals surface area contributed by atoms with Crippen LogP contribution >= 0.6 is 0 Å². The van der Waals surface area contributed by atoms with Gasteiger partial charge in [-0.15, -0.1) is 0 Å². The Kier molecular flexibility index (Phi) is 3.20. The molecule has 0 aliphatic carbocycles. The van der Waals surface area contributed by atoms with Crippen molar-refractivity contribution in [2.45, 2.75) is 6.18 Å². The Hall–Kier alpha value is -2.44. The molecule has 0 fully saturated rings. The summed E-state index contributed by atoms with van der Waals surface area (Å²) in [5.41, 5.74) is -0.842. The van der Waals surface area contributed by atoms with E-state index in [2.05, 4.69) is 4.98 Å². The summed E-state index contributed by atoms with van der Waals surface area (Å²) in [7, 11) is 0. The van der Waals surface area contributed by atoms with Gasteiger partial charge in [0.15, 0.2) is 0 Å². The van der Waals surface area contributed by atoms with Crippen molar-refractivity contribution in [1.29, 1.82) is 0 Å². The van der Waals surface area contributed by atoms with Gasteiger partial charge in [-0.1, -0.05) is 18.2 Å². The van der Waals surface area contributed by atoms with E-state index in [9.17, 15) is 23.3 Å². The fourth-order valence-corrected chi connectivity index (χ4v) is 1.67. The molecule has 2 rings (SSSR count). The third-order valence-corrected chi connectivity index (χ3v) is 2.48. The molecular formula is C12H7F3N2O2. The maximum Gasteiger partial charge on any atom is 0.417 e. The highest BCUT2D eigenvalue weighted by Crippen LogP contribution is 2.37. The van der Waals surface area contributed by atoms with E-state index < -0.39 is 22.5 Å². The van der Waals surface area contributed by atoms with Crippen molar-refractivity contribution >= 4 is 5.82 Å². The first-order valence-corrected chi connectivity index (χ1v) is 5.16. The molecule has 7 heteroatoms. The molecule has 0 N–H and O–H groups in total. The number of pyridine rings is 1. The second-order valence-electron chi connectivity index (χ2n) is 3.70. The number of halogens is 3. The quantitative estimate of drug-likeness (QED) is 0.616. The maximum absolute atomic E-state index is 12.8. The molecule has 0 aliphatic heterocycles. The monoisotopic (exact) mass is 268 g/mol. The molecule has 0 radical (unpaired) electrons. The lowest BCUT2D eigenvalue weighted by Crippen LogP contribution is -2.07. The molecule has 0 aliphatic rings. The fourth-order valence-electron chi connectivity index (χ4n) is 1.67. The van der Waals surface area contributed by atoms with Crippen molar-refractivity contribution in [3.8, 4) is 11.1 Å². The van der Waals surface area contributed by atoms with Crippen LogP contribution < -0.4 is 0 Å². The topological polar surface area (TPSA) is 56.0 Å². The third-order valence-electron chi connectivity index (χ3n) is 2.48. The van der Waals surface area contributed by atoms with Crippen LogP contribution in [-0.4, -0.2) is 9.91 Å². The summed E-state index contributed by atoms with van der Waals surface area (Å²) in [4.78, 5) is 13.3. The van der Waals surface area contributed by atoms with Crippen molar-refractivity contribution in [1.82, 2.24) is 4.98 Å². The smallest absolute Gasteiger partial charge is 0.358 e. The van der Waals surface area contributed by atoms with Crippen molar-refractivity contribution in [3.05, 3.63) is 58.3 Å². The Morgan fingerprint density at radius 2 is 1.84 bits per heavy atom. The summed E-state index contributed by atoms with van der Waals surface area (Å²) in [6.07, 6.45) is -3.41. The van der Waals surface area contributed by atoms with Gasteiger partial charge in [0.25, 0.3) is 0 Å². The van der Waals surface area contributed by atoms with Gasteiger partial charge in [-0.05, 0) is 33.2 Å². The highest BCUT2D eigenvalue weighted by Gasteiger charge is 2.33. The molecule has 0 amide bonds. The summed E-state index contributed by atoms with van der Waals surface area (Å²) in [5, 5.41) is 10.6.